The highest BCUT2D eigenvalue weighted by molar-refractivity contribution is 5.78. The second-order valence-electron chi connectivity index (χ2n) is 5.13. The van der Waals surface area contributed by atoms with Crippen LogP contribution in [0.25, 0.3) is 10.9 Å². The fourth-order valence-corrected chi connectivity index (χ4v) is 2.46. The van der Waals surface area contributed by atoms with Gasteiger partial charge in [-0.2, -0.15) is 0 Å². The lowest BCUT2D eigenvalue weighted by atomic mass is 10.2. The normalized spacial score (nSPS) is 18.0. The van der Waals surface area contributed by atoms with Crippen LogP contribution in [0, 0.1) is 0 Å². The van der Waals surface area contributed by atoms with Crippen molar-refractivity contribution >= 4 is 16.8 Å². The molecule has 1 fully saturated rings. The van der Waals surface area contributed by atoms with Crippen LogP contribution < -0.4 is 10.9 Å². The van der Waals surface area contributed by atoms with E-state index in [-0.39, 0.29) is 24.1 Å². The molecule has 0 aliphatic carbocycles. The van der Waals surface area contributed by atoms with Crippen molar-refractivity contribution in [3.05, 3.63) is 40.9 Å². The molecule has 1 aromatic carbocycles. The summed E-state index contributed by atoms with van der Waals surface area (Å²) in [5.41, 5.74) is 0.436. The fraction of sp³-hybridized carbons (Fsp3) is 0.400. The molecular formula is C15H17N3O3. The zero-order valence-corrected chi connectivity index (χ0v) is 11.6. The SMILES string of the molecule is O=C(Cn1cnc2ccccc2c1=O)NCC1CCCO1. The topological polar surface area (TPSA) is 73.2 Å². The molecule has 1 aromatic heterocycles. The first-order chi connectivity index (χ1) is 10.2. The minimum Gasteiger partial charge on any atom is -0.376 e. The predicted octanol–water partition coefficient (Wildman–Crippen LogP) is 0.692. The van der Waals surface area contributed by atoms with Crippen LogP contribution in [0.1, 0.15) is 12.8 Å². The van der Waals surface area contributed by atoms with E-state index < -0.39 is 0 Å². The highest BCUT2D eigenvalue weighted by Crippen LogP contribution is 2.10. The van der Waals surface area contributed by atoms with Crippen molar-refractivity contribution in [1.82, 2.24) is 14.9 Å². The molecule has 0 bridgehead atoms. The Balaban J connectivity index is 1.68. The molecule has 1 unspecified atom stereocenters. The van der Waals surface area contributed by atoms with E-state index >= 15 is 0 Å². The van der Waals surface area contributed by atoms with Crippen LogP contribution >= 0.6 is 0 Å². The monoisotopic (exact) mass is 287 g/mol. The summed E-state index contributed by atoms with van der Waals surface area (Å²) in [5.74, 6) is -0.204. The second-order valence-corrected chi connectivity index (χ2v) is 5.13. The molecule has 1 atom stereocenters. The summed E-state index contributed by atoms with van der Waals surface area (Å²) in [4.78, 5) is 28.3. The molecule has 1 amide bonds. The molecule has 2 aromatic rings. The summed E-state index contributed by atoms with van der Waals surface area (Å²) in [7, 11) is 0. The molecule has 1 N–H and O–H groups in total. The number of carbonyl (C=O) groups is 1. The van der Waals surface area contributed by atoms with Gasteiger partial charge in [-0.1, -0.05) is 12.1 Å². The van der Waals surface area contributed by atoms with Crippen molar-refractivity contribution in [2.75, 3.05) is 13.2 Å². The van der Waals surface area contributed by atoms with E-state index in [2.05, 4.69) is 10.3 Å². The molecule has 1 saturated heterocycles. The van der Waals surface area contributed by atoms with Gasteiger partial charge < -0.3 is 10.1 Å². The average Bonchev–Trinajstić information content (AvgIpc) is 3.02. The Kier molecular flexibility index (Phi) is 3.96. The van der Waals surface area contributed by atoms with Crippen LogP contribution in [0.4, 0.5) is 0 Å². The molecule has 0 spiro atoms. The lowest BCUT2D eigenvalue weighted by Gasteiger charge is -2.11. The van der Waals surface area contributed by atoms with Gasteiger partial charge in [0.2, 0.25) is 5.91 Å². The molecule has 0 saturated carbocycles. The number of para-hydroxylation sites is 1. The number of carbonyl (C=O) groups excluding carboxylic acids is 1. The number of benzene rings is 1. The van der Waals surface area contributed by atoms with Gasteiger partial charge in [0.1, 0.15) is 6.54 Å². The van der Waals surface area contributed by atoms with Gasteiger partial charge in [-0.15, -0.1) is 0 Å². The van der Waals surface area contributed by atoms with E-state index in [0.717, 1.165) is 19.4 Å². The maximum atomic E-state index is 12.2. The second kappa shape index (κ2) is 6.05. The van der Waals surface area contributed by atoms with E-state index in [1.807, 2.05) is 6.07 Å². The van der Waals surface area contributed by atoms with E-state index in [9.17, 15) is 9.59 Å². The number of hydrogen-bond donors (Lipinski definition) is 1. The number of rotatable bonds is 4. The Morgan fingerprint density at radius 2 is 2.29 bits per heavy atom. The van der Waals surface area contributed by atoms with Crippen molar-refractivity contribution in [1.29, 1.82) is 0 Å². The number of nitrogens with one attached hydrogen (secondary N) is 1. The lowest BCUT2D eigenvalue weighted by molar-refractivity contribution is -0.122. The molecule has 110 valence electrons. The zero-order valence-electron chi connectivity index (χ0n) is 11.6. The van der Waals surface area contributed by atoms with Gasteiger partial charge in [0.05, 0.1) is 23.3 Å². The zero-order chi connectivity index (χ0) is 14.7. The molecule has 21 heavy (non-hydrogen) atoms. The Bertz CT molecular complexity index is 705. The largest absolute Gasteiger partial charge is 0.376 e. The third-order valence-corrected chi connectivity index (χ3v) is 3.60. The van der Waals surface area contributed by atoms with Crippen molar-refractivity contribution in [2.45, 2.75) is 25.5 Å². The van der Waals surface area contributed by atoms with Gasteiger partial charge in [-0.25, -0.2) is 4.98 Å². The van der Waals surface area contributed by atoms with E-state index in [0.29, 0.717) is 17.4 Å². The van der Waals surface area contributed by atoms with Crippen molar-refractivity contribution in [3.63, 3.8) is 0 Å². The number of fused-ring (bicyclic) bond motifs is 1. The Morgan fingerprint density at radius 1 is 1.43 bits per heavy atom. The van der Waals surface area contributed by atoms with E-state index in [4.69, 9.17) is 4.74 Å². The van der Waals surface area contributed by atoms with Gasteiger partial charge in [0.25, 0.3) is 5.56 Å². The van der Waals surface area contributed by atoms with Gasteiger partial charge in [0, 0.05) is 13.2 Å². The summed E-state index contributed by atoms with van der Waals surface area (Å²) < 4.78 is 6.77. The smallest absolute Gasteiger partial charge is 0.261 e. The minimum atomic E-state index is -0.204. The van der Waals surface area contributed by atoms with Crippen molar-refractivity contribution in [3.8, 4) is 0 Å². The highest BCUT2D eigenvalue weighted by atomic mass is 16.5. The quantitative estimate of drug-likeness (QED) is 0.898. The number of amides is 1. The molecule has 2 heterocycles. The molecule has 6 heteroatoms. The maximum Gasteiger partial charge on any atom is 0.261 e. The first-order valence-electron chi connectivity index (χ1n) is 7.06. The van der Waals surface area contributed by atoms with Crippen LogP contribution in [0.5, 0.6) is 0 Å². The third-order valence-electron chi connectivity index (χ3n) is 3.60. The van der Waals surface area contributed by atoms with Crippen LogP contribution in [-0.4, -0.2) is 34.7 Å². The van der Waals surface area contributed by atoms with Crippen LogP contribution in [-0.2, 0) is 16.1 Å². The number of ether oxygens (including phenoxy) is 1. The number of aromatic nitrogens is 2. The maximum absolute atomic E-state index is 12.2. The highest BCUT2D eigenvalue weighted by Gasteiger charge is 2.16. The van der Waals surface area contributed by atoms with Crippen LogP contribution in [0.3, 0.4) is 0 Å². The number of hydrogen-bond acceptors (Lipinski definition) is 4. The Hall–Kier alpha value is -2.21. The Labute approximate surface area is 121 Å². The summed E-state index contributed by atoms with van der Waals surface area (Å²) in [6.07, 6.45) is 3.52. The predicted molar refractivity (Wildman–Crippen MR) is 78.0 cm³/mol. The van der Waals surface area contributed by atoms with E-state index in [1.165, 1.54) is 10.9 Å². The average molecular weight is 287 g/mol. The van der Waals surface area contributed by atoms with Gasteiger partial charge in [-0.3, -0.25) is 14.2 Å². The van der Waals surface area contributed by atoms with Crippen LogP contribution in [0.2, 0.25) is 0 Å². The van der Waals surface area contributed by atoms with Gasteiger partial charge >= 0.3 is 0 Å². The molecule has 1 aliphatic heterocycles. The molecular weight excluding hydrogens is 270 g/mol. The van der Waals surface area contributed by atoms with Crippen molar-refractivity contribution in [2.24, 2.45) is 0 Å². The molecule has 1 aliphatic rings. The fourth-order valence-electron chi connectivity index (χ4n) is 2.46. The third kappa shape index (κ3) is 3.11. The molecule has 3 rings (SSSR count). The standard InChI is InChI=1S/C15H17N3O3/c19-14(16-8-11-4-3-7-21-11)9-18-10-17-13-6-2-1-5-12(13)15(18)20/h1-2,5-6,10-11H,3-4,7-9H2,(H,16,19). The Morgan fingerprint density at radius 3 is 3.10 bits per heavy atom. The minimum absolute atomic E-state index is 0.0244. The summed E-state index contributed by atoms with van der Waals surface area (Å²) in [5, 5.41) is 3.32. The molecule has 0 radical (unpaired) electrons. The lowest BCUT2D eigenvalue weighted by Crippen LogP contribution is -2.36. The van der Waals surface area contributed by atoms with Gasteiger partial charge in [0.15, 0.2) is 0 Å². The summed E-state index contributed by atoms with van der Waals surface area (Å²) in [6, 6.07) is 7.10. The first kappa shape index (κ1) is 13.8. The number of nitrogens with zero attached hydrogens (tertiary/aromatic N) is 2. The van der Waals surface area contributed by atoms with Crippen molar-refractivity contribution < 1.29 is 9.53 Å². The summed E-state index contributed by atoms with van der Waals surface area (Å²) in [6.45, 7) is 1.23. The summed E-state index contributed by atoms with van der Waals surface area (Å²) >= 11 is 0. The molecule has 6 nitrogen and oxygen atoms in total. The van der Waals surface area contributed by atoms with Gasteiger partial charge in [-0.05, 0) is 25.0 Å². The van der Waals surface area contributed by atoms with E-state index in [1.54, 1.807) is 18.2 Å². The van der Waals surface area contributed by atoms with Crippen LogP contribution in [0.15, 0.2) is 35.4 Å². The first-order valence-corrected chi connectivity index (χ1v) is 7.06.